The molecule has 1 rings (SSSR count). The Bertz CT molecular complexity index is 430. The molecule has 0 fully saturated rings. The Balaban J connectivity index is 2.32. The van der Waals surface area contributed by atoms with E-state index < -0.39 is 6.36 Å². The fraction of sp³-hybridized carbons (Fsp3) is 0.538. The van der Waals surface area contributed by atoms with Crippen molar-refractivity contribution in [2.75, 3.05) is 26.4 Å². The molecule has 0 heterocycles. The second-order valence-electron chi connectivity index (χ2n) is 4.18. The van der Waals surface area contributed by atoms with Gasteiger partial charge >= 0.3 is 6.36 Å². The van der Waals surface area contributed by atoms with Crippen LogP contribution in [0.5, 0.6) is 5.75 Å². The van der Waals surface area contributed by atoms with Crippen LogP contribution in [0.3, 0.4) is 0 Å². The van der Waals surface area contributed by atoms with Crippen LogP contribution in [0.4, 0.5) is 13.2 Å². The summed E-state index contributed by atoms with van der Waals surface area (Å²) in [6.45, 7) is 2.13. The van der Waals surface area contributed by atoms with E-state index in [0.29, 0.717) is 26.3 Å². The quantitative estimate of drug-likeness (QED) is 0.655. The molecule has 1 aromatic carbocycles. The van der Waals surface area contributed by atoms with Gasteiger partial charge in [-0.3, -0.25) is 0 Å². The normalized spacial score (nSPS) is 11.7. The number of aliphatic hydroxyl groups excluding tert-OH is 1. The molecule has 0 saturated heterocycles. The molecule has 120 valence electrons. The molecule has 21 heavy (non-hydrogen) atoms. The molecule has 0 aliphatic carbocycles. The van der Waals surface area contributed by atoms with Crippen molar-refractivity contribution in [1.82, 2.24) is 5.32 Å². The fourth-order valence-corrected chi connectivity index (χ4v) is 2.07. The van der Waals surface area contributed by atoms with Crippen molar-refractivity contribution in [3.05, 3.63) is 28.2 Å². The van der Waals surface area contributed by atoms with Crippen LogP contribution in [-0.2, 0) is 11.3 Å². The molecule has 8 heteroatoms. The van der Waals surface area contributed by atoms with Crippen molar-refractivity contribution in [3.8, 4) is 5.75 Å². The number of nitrogens with one attached hydrogen (secondary N) is 1. The zero-order valence-electron chi connectivity index (χ0n) is 11.3. The van der Waals surface area contributed by atoms with Gasteiger partial charge in [0.2, 0.25) is 0 Å². The number of halogens is 4. The van der Waals surface area contributed by atoms with Gasteiger partial charge in [-0.15, -0.1) is 13.2 Å². The van der Waals surface area contributed by atoms with Gasteiger partial charge in [-0.05, 0) is 46.6 Å². The summed E-state index contributed by atoms with van der Waals surface area (Å²) in [5.41, 5.74) is 0.840. The van der Waals surface area contributed by atoms with Gasteiger partial charge in [0.1, 0.15) is 5.75 Å². The third-order valence-corrected chi connectivity index (χ3v) is 3.05. The second kappa shape index (κ2) is 9.24. The average molecular weight is 372 g/mol. The summed E-state index contributed by atoms with van der Waals surface area (Å²) in [4.78, 5) is 0. The highest BCUT2D eigenvalue weighted by Crippen LogP contribution is 2.30. The Labute approximate surface area is 129 Å². The molecule has 0 radical (unpaired) electrons. The van der Waals surface area contributed by atoms with Gasteiger partial charge < -0.3 is 19.9 Å². The van der Waals surface area contributed by atoms with Crippen LogP contribution < -0.4 is 10.1 Å². The first kappa shape index (κ1) is 18.2. The molecule has 1 aromatic rings. The van der Waals surface area contributed by atoms with Gasteiger partial charge in [-0.1, -0.05) is 6.07 Å². The van der Waals surface area contributed by atoms with Crippen LogP contribution in [-0.4, -0.2) is 37.8 Å². The molecule has 2 N–H and O–H groups in total. The van der Waals surface area contributed by atoms with Gasteiger partial charge in [-0.2, -0.15) is 0 Å². The summed E-state index contributed by atoms with van der Waals surface area (Å²) in [7, 11) is 0. The lowest BCUT2D eigenvalue weighted by Gasteiger charge is -2.12. The number of aliphatic hydroxyl groups is 1. The van der Waals surface area contributed by atoms with Gasteiger partial charge in [0.15, 0.2) is 0 Å². The Morgan fingerprint density at radius 1 is 1.24 bits per heavy atom. The zero-order valence-corrected chi connectivity index (χ0v) is 12.8. The van der Waals surface area contributed by atoms with E-state index in [1.165, 1.54) is 6.07 Å². The molecule has 0 unspecified atom stereocenters. The second-order valence-corrected chi connectivity index (χ2v) is 5.03. The van der Waals surface area contributed by atoms with E-state index in [1.54, 1.807) is 12.1 Å². The number of hydrogen-bond acceptors (Lipinski definition) is 4. The SMILES string of the molecule is OCCOCCCNCc1ccc(OC(F)(F)F)c(Br)c1. The van der Waals surface area contributed by atoms with Crippen LogP contribution in [0.2, 0.25) is 0 Å². The van der Waals surface area contributed by atoms with E-state index in [9.17, 15) is 13.2 Å². The lowest BCUT2D eigenvalue weighted by Crippen LogP contribution is -2.18. The number of rotatable bonds is 9. The third-order valence-electron chi connectivity index (χ3n) is 2.43. The van der Waals surface area contributed by atoms with Crippen molar-refractivity contribution < 1.29 is 27.8 Å². The first-order valence-corrected chi connectivity index (χ1v) is 7.15. The van der Waals surface area contributed by atoms with E-state index in [2.05, 4.69) is 26.0 Å². The van der Waals surface area contributed by atoms with E-state index in [4.69, 9.17) is 9.84 Å². The maximum absolute atomic E-state index is 12.1. The highest BCUT2D eigenvalue weighted by molar-refractivity contribution is 9.10. The Hall–Kier alpha value is -0.830. The maximum Gasteiger partial charge on any atom is 0.573 e. The Morgan fingerprint density at radius 3 is 2.62 bits per heavy atom. The van der Waals surface area contributed by atoms with E-state index >= 15 is 0 Å². The predicted molar refractivity (Wildman–Crippen MR) is 75.1 cm³/mol. The van der Waals surface area contributed by atoms with Crippen LogP contribution >= 0.6 is 15.9 Å². The minimum Gasteiger partial charge on any atom is -0.405 e. The summed E-state index contributed by atoms with van der Waals surface area (Å²) in [5.74, 6) is -0.261. The standard InChI is InChI=1S/C13H17BrF3NO3/c14-11-8-10(2-3-12(11)21-13(15,16)17)9-18-4-1-6-20-7-5-19/h2-3,8,18-19H,1,4-7,9H2. The summed E-state index contributed by atoms with van der Waals surface area (Å²) < 4.78 is 45.6. The zero-order chi connectivity index (χ0) is 15.7. The predicted octanol–water partition coefficient (Wildman–Crippen LogP) is 2.84. The van der Waals surface area contributed by atoms with Crippen LogP contribution in [0, 0.1) is 0 Å². The van der Waals surface area contributed by atoms with E-state index in [0.717, 1.165) is 12.0 Å². The maximum atomic E-state index is 12.1. The fourth-order valence-electron chi connectivity index (χ4n) is 1.56. The minimum atomic E-state index is -4.70. The highest BCUT2D eigenvalue weighted by atomic mass is 79.9. The molecule has 0 aliphatic heterocycles. The molecule has 0 bridgehead atoms. The Kier molecular flexibility index (Phi) is 8.02. The highest BCUT2D eigenvalue weighted by Gasteiger charge is 2.31. The first-order chi connectivity index (χ1) is 9.92. The third kappa shape index (κ3) is 8.25. The molecule has 0 saturated carbocycles. The molecule has 0 aromatic heterocycles. The molecule has 0 aliphatic rings. The van der Waals surface area contributed by atoms with Crippen LogP contribution in [0.15, 0.2) is 22.7 Å². The summed E-state index contributed by atoms with van der Waals surface area (Å²) in [6, 6.07) is 4.43. The number of benzene rings is 1. The molecule has 4 nitrogen and oxygen atoms in total. The summed E-state index contributed by atoms with van der Waals surface area (Å²) in [6.07, 6.45) is -3.91. The van der Waals surface area contributed by atoms with Crippen LogP contribution in [0.1, 0.15) is 12.0 Å². The lowest BCUT2D eigenvalue weighted by molar-refractivity contribution is -0.274. The first-order valence-electron chi connectivity index (χ1n) is 6.36. The number of alkyl halides is 3. The Morgan fingerprint density at radius 2 is 2.00 bits per heavy atom. The van der Waals surface area contributed by atoms with Crippen molar-refractivity contribution in [3.63, 3.8) is 0 Å². The van der Waals surface area contributed by atoms with Crippen molar-refractivity contribution >= 4 is 15.9 Å². The molecular formula is C13H17BrF3NO3. The summed E-state index contributed by atoms with van der Waals surface area (Å²) >= 11 is 3.05. The van der Waals surface area contributed by atoms with Gasteiger partial charge in [-0.25, -0.2) is 0 Å². The van der Waals surface area contributed by atoms with Crippen molar-refractivity contribution in [1.29, 1.82) is 0 Å². The molecular weight excluding hydrogens is 355 g/mol. The minimum absolute atomic E-state index is 0.00774. The van der Waals surface area contributed by atoms with Gasteiger partial charge in [0.25, 0.3) is 0 Å². The topological polar surface area (TPSA) is 50.7 Å². The van der Waals surface area contributed by atoms with Crippen LogP contribution in [0.25, 0.3) is 0 Å². The van der Waals surface area contributed by atoms with E-state index in [-0.39, 0.29) is 16.8 Å². The number of hydrogen-bond donors (Lipinski definition) is 2. The van der Waals surface area contributed by atoms with E-state index in [1.807, 2.05) is 0 Å². The van der Waals surface area contributed by atoms with Gasteiger partial charge in [0, 0.05) is 13.2 Å². The lowest BCUT2D eigenvalue weighted by atomic mass is 10.2. The van der Waals surface area contributed by atoms with Gasteiger partial charge in [0.05, 0.1) is 17.7 Å². The molecule has 0 atom stereocenters. The molecule has 0 spiro atoms. The summed E-state index contributed by atoms with van der Waals surface area (Å²) in [5, 5.41) is 11.7. The largest absolute Gasteiger partial charge is 0.573 e. The number of ether oxygens (including phenoxy) is 2. The average Bonchev–Trinajstić information content (AvgIpc) is 2.39. The smallest absolute Gasteiger partial charge is 0.405 e. The van der Waals surface area contributed by atoms with Crippen molar-refractivity contribution in [2.45, 2.75) is 19.3 Å². The monoisotopic (exact) mass is 371 g/mol. The molecule has 0 amide bonds. The van der Waals surface area contributed by atoms with Crippen molar-refractivity contribution in [2.24, 2.45) is 0 Å².